The molecule has 1 aliphatic rings. The van der Waals surface area contributed by atoms with E-state index >= 15 is 0 Å². The molecule has 0 saturated heterocycles. The van der Waals surface area contributed by atoms with Gasteiger partial charge in [-0.3, -0.25) is 4.79 Å². The van der Waals surface area contributed by atoms with Gasteiger partial charge in [0, 0.05) is 5.02 Å². The topological polar surface area (TPSA) is 66.0 Å². The van der Waals surface area contributed by atoms with E-state index in [0.717, 1.165) is 6.26 Å². The minimum Gasteiger partial charge on any atom is -0.459 e. The van der Waals surface area contributed by atoms with Gasteiger partial charge in [0.05, 0.1) is 18.4 Å². The van der Waals surface area contributed by atoms with Crippen LogP contribution < -0.4 is 0 Å². The van der Waals surface area contributed by atoms with Crippen molar-refractivity contribution in [3.63, 3.8) is 0 Å². The second-order valence-corrected chi connectivity index (χ2v) is 5.58. The van der Waals surface area contributed by atoms with Crippen LogP contribution in [0, 0.1) is 0 Å². The average molecular weight is 359 g/mol. The zero-order valence-electron chi connectivity index (χ0n) is 11.9. The summed E-state index contributed by atoms with van der Waals surface area (Å²) in [6, 6.07) is 8.40. The van der Waals surface area contributed by atoms with Gasteiger partial charge in [-0.05, 0) is 29.8 Å². The summed E-state index contributed by atoms with van der Waals surface area (Å²) >= 11 is 5.75. The van der Waals surface area contributed by atoms with Gasteiger partial charge in [-0.25, -0.2) is 0 Å². The molecule has 0 radical (unpaired) electrons. The Labute approximate surface area is 138 Å². The molecule has 0 bridgehead atoms. The van der Waals surface area contributed by atoms with Crippen LogP contribution in [0.15, 0.2) is 52.2 Å². The van der Waals surface area contributed by atoms with E-state index in [-0.39, 0.29) is 16.5 Å². The number of carbonyl (C=O) groups excluding carboxylic acids is 1. The van der Waals surface area contributed by atoms with Crippen LogP contribution in [0.25, 0.3) is 0 Å². The van der Waals surface area contributed by atoms with Crippen LogP contribution in [0.3, 0.4) is 0 Å². The molecule has 1 aromatic carbocycles. The van der Waals surface area contributed by atoms with Gasteiger partial charge < -0.3 is 9.52 Å². The molecule has 1 atom stereocenters. The lowest BCUT2D eigenvalue weighted by Gasteiger charge is -2.31. The number of hydrogen-bond acceptors (Lipinski definition) is 4. The highest BCUT2D eigenvalue weighted by Crippen LogP contribution is 2.42. The van der Waals surface area contributed by atoms with Crippen LogP contribution in [-0.4, -0.2) is 33.6 Å². The maximum absolute atomic E-state index is 13.4. The first-order valence-electron chi connectivity index (χ1n) is 6.73. The van der Waals surface area contributed by atoms with Gasteiger partial charge in [-0.2, -0.15) is 23.3 Å². The molecule has 1 aliphatic heterocycles. The van der Waals surface area contributed by atoms with Crippen molar-refractivity contribution in [3.05, 3.63) is 59.0 Å². The Kier molecular flexibility index (Phi) is 3.89. The Balaban J connectivity index is 2.03. The van der Waals surface area contributed by atoms with Crippen LogP contribution in [0.1, 0.15) is 22.5 Å². The van der Waals surface area contributed by atoms with E-state index in [0.29, 0.717) is 10.6 Å². The Bertz CT molecular complexity index is 787. The average Bonchev–Trinajstić information content (AvgIpc) is 3.15. The van der Waals surface area contributed by atoms with Crippen molar-refractivity contribution < 1.29 is 27.5 Å². The third kappa shape index (κ3) is 2.67. The molecule has 2 aromatic rings. The van der Waals surface area contributed by atoms with E-state index in [9.17, 15) is 23.1 Å². The Morgan fingerprint density at radius 3 is 2.50 bits per heavy atom. The lowest BCUT2D eigenvalue weighted by atomic mass is 10.0. The molecule has 0 aliphatic carbocycles. The van der Waals surface area contributed by atoms with E-state index in [1.165, 1.54) is 36.4 Å². The van der Waals surface area contributed by atoms with Crippen molar-refractivity contribution in [1.82, 2.24) is 5.01 Å². The number of rotatable bonds is 2. The molecular weight excluding hydrogens is 349 g/mol. The molecule has 1 aromatic heterocycles. The Morgan fingerprint density at radius 1 is 1.29 bits per heavy atom. The number of alkyl halides is 3. The molecule has 0 unspecified atom stereocenters. The summed E-state index contributed by atoms with van der Waals surface area (Å²) in [6.07, 6.45) is -4.86. The van der Waals surface area contributed by atoms with Crippen molar-refractivity contribution in [2.75, 3.05) is 0 Å². The van der Waals surface area contributed by atoms with Gasteiger partial charge in [0.2, 0.25) is 0 Å². The molecule has 2 heterocycles. The first kappa shape index (κ1) is 16.5. The predicted molar refractivity (Wildman–Crippen MR) is 78.5 cm³/mol. The van der Waals surface area contributed by atoms with Crippen molar-refractivity contribution >= 4 is 23.2 Å². The quantitative estimate of drug-likeness (QED) is 0.894. The third-order valence-electron chi connectivity index (χ3n) is 3.54. The Morgan fingerprint density at radius 2 is 1.96 bits per heavy atom. The predicted octanol–water partition coefficient (Wildman–Crippen LogP) is 3.43. The smallest absolute Gasteiger partial charge is 0.438 e. The highest BCUT2D eigenvalue weighted by molar-refractivity contribution is 6.30. The van der Waals surface area contributed by atoms with Crippen LogP contribution >= 0.6 is 11.6 Å². The lowest BCUT2D eigenvalue weighted by molar-refractivity contribution is -0.297. The number of aliphatic hydroxyl groups is 1. The van der Waals surface area contributed by atoms with Crippen LogP contribution in [0.2, 0.25) is 5.02 Å². The molecule has 0 spiro atoms. The minimum atomic E-state index is -5.10. The highest BCUT2D eigenvalue weighted by Gasteiger charge is 2.63. The van der Waals surface area contributed by atoms with E-state index in [1.807, 2.05) is 0 Å². The molecule has 24 heavy (non-hydrogen) atoms. The molecule has 0 saturated carbocycles. The van der Waals surface area contributed by atoms with Gasteiger partial charge in [0.25, 0.3) is 5.72 Å². The summed E-state index contributed by atoms with van der Waals surface area (Å²) < 4.78 is 45.0. The van der Waals surface area contributed by atoms with Gasteiger partial charge >= 0.3 is 12.1 Å². The van der Waals surface area contributed by atoms with E-state index in [2.05, 4.69) is 5.10 Å². The normalized spacial score (nSPS) is 21.0. The molecule has 1 amide bonds. The molecular formula is C15H10ClF3N2O3. The van der Waals surface area contributed by atoms with Gasteiger partial charge in [0.1, 0.15) is 0 Å². The second-order valence-electron chi connectivity index (χ2n) is 5.14. The highest BCUT2D eigenvalue weighted by atomic mass is 35.5. The van der Waals surface area contributed by atoms with Crippen LogP contribution in [0.4, 0.5) is 13.2 Å². The minimum absolute atomic E-state index is 0.00970. The summed E-state index contributed by atoms with van der Waals surface area (Å²) in [7, 11) is 0. The largest absolute Gasteiger partial charge is 0.459 e. The number of amides is 1. The number of benzene rings is 1. The summed E-state index contributed by atoms with van der Waals surface area (Å²) in [5.74, 6) is -1.55. The lowest BCUT2D eigenvalue weighted by Crippen LogP contribution is -2.56. The van der Waals surface area contributed by atoms with Crippen molar-refractivity contribution in [2.45, 2.75) is 18.3 Å². The number of hydrazone groups is 1. The summed E-state index contributed by atoms with van der Waals surface area (Å²) in [5.41, 5.74) is -3.23. The maximum atomic E-state index is 13.4. The molecule has 1 N–H and O–H groups in total. The summed E-state index contributed by atoms with van der Waals surface area (Å²) in [4.78, 5) is 12.2. The van der Waals surface area contributed by atoms with E-state index in [1.54, 1.807) is 0 Å². The first-order chi connectivity index (χ1) is 11.2. The SMILES string of the molecule is O=C(c1ccco1)N1N=C(c2ccc(Cl)cc2)C[C@@]1(O)C(F)(F)F. The third-order valence-corrected chi connectivity index (χ3v) is 3.79. The monoisotopic (exact) mass is 358 g/mol. The van der Waals surface area contributed by atoms with Crippen molar-refractivity contribution in [1.29, 1.82) is 0 Å². The number of halogens is 4. The fraction of sp³-hybridized carbons (Fsp3) is 0.200. The number of nitrogens with zero attached hydrogens (tertiary/aromatic N) is 2. The fourth-order valence-corrected chi connectivity index (χ4v) is 2.41. The zero-order valence-corrected chi connectivity index (χ0v) is 12.7. The molecule has 3 rings (SSSR count). The first-order valence-corrected chi connectivity index (χ1v) is 7.11. The van der Waals surface area contributed by atoms with Crippen molar-refractivity contribution in [3.8, 4) is 0 Å². The number of furan rings is 1. The van der Waals surface area contributed by atoms with Crippen molar-refractivity contribution in [2.24, 2.45) is 5.10 Å². The van der Waals surface area contributed by atoms with Gasteiger partial charge in [0.15, 0.2) is 5.76 Å². The van der Waals surface area contributed by atoms with E-state index < -0.39 is 24.2 Å². The zero-order chi connectivity index (χ0) is 17.5. The molecule has 5 nitrogen and oxygen atoms in total. The van der Waals surface area contributed by atoms with E-state index in [4.69, 9.17) is 16.0 Å². The van der Waals surface area contributed by atoms with Gasteiger partial charge in [-0.15, -0.1) is 0 Å². The summed E-state index contributed by atoms with van der Waals surface area (Å²) in [6.45, 7) is 0. The van der Waals surface area contributed by atoms with Gasteiger partial charge in [-0.1, -0.05) is 23.7 Å². The molecule has 126 valence electrons. The van der Waals surface area contributed by atoms with Crippen LogP contribution in [0.5, 0.6) is 0 Å². The number of hydrogen-bond donors (Lipinski definition) is 1. The number of carbonyl (C=O) groups is 1. The standard InChI is InChI=1S/C15H10ClF3N2O3/c16-10-5-3-9(4-6-10)11-8-14(23,15(17,18)19)21(20-11)13(22)12-2-1-7-24-12/h1-7,23H,8H2/t14-/m1/s1. The molecule has 9 heteroatoms. The molecule has 0 fully saturated rings. The second kappa shape index (κ2) is 5.64. The summed E-state index contributed by atoms with van der Waals surface area (Å²) in [5, 5.41) is 14.2. The maximum Gasteiger partial charge on any atom is 0.438 e. The van der Waals surface area contributed by atoms with Crippen LogP contribution in [-0.2, 0) is 0 Å². The fourth-order valence-electron chi connectivity index (χ4n) is 2.29. The Hall–Kier alpha value is -2.32.